The zero-order valence-corrected chi connectivity index (χ0v) is 16.2. The molecule has 1 aromatic carbocycles. The molecule has 0 radical (unpaired) electrons. The lowest BCUT2D eigenvalue weighted by atomic mass is 10.2. The van der Waals surface area contributed by atoms with Crippen molar-refractivity contribution < 1.29 is 13.9 Å². The minimum Gasteiger partial charge on any atom is -0.376 e. The first-order valence-corrected chi connectivity index (χ1v) is 10.1. The molecular weight excluding hydrogens is 373 g/mol. The Morgan fingerprint density at radius 3 is 2.86 bits per heavy atom. The fourth-order valence-corrected chi connectivity index (χ4v) is 4.21. The number of aromatic nitrogens is 2. The maximum absolute atomic E-state index is 13.7. The molecule has 1 unspecified atom stereocenters. The number of nitrogens with zero attached hydrogens (tertiary/aromatic N) is 4. The van der Waals surface area contributed by atoms with Crippen molar-refractivity contribution in [3.63, 3.8) is 0 Å². The second kappa shape index (κ2) is 7.51. The Balaban J connectivity index is 1.30. The third-order valence-corrected chi connectivity index (χ3v) is 5.77. The van der Waals surface area contributed by atoms with Crippen LogP contribution in [-0.4, -0.2) is 65.8 Å². The van der Waals surface area contributed by atoms with Gasteiger partial charge in [0, 0.05) is 51.6 Å². The smallest absolute Gasteiger partial charge is 0.317 e. The molecule has 0 saturated carbocycles. The fourth-order valence-electron chi connectivity index (χ4n) is 4.21. The monoisotopic (exact) mass is 397 g/mol. The lowest BCUT2D eigenvalue weighted by Crippen LogP contribution is -2.52. The highest BCUT2D eigenvalue weighted by atomic mass is 19.1. The quantitative estimate of drug-likeness (QED) is 0.738. The van der Waals surface area contributed by atoms with Crippen LogP contribution in [0.2, 0.25) is 0 Å². The maximum atomic E-state index is 13.7. The van der Waals surface area contributed by atoms with Gasteiger partial charge in [0.2, 0.25) is 0 Å². The number of ether oxygens (including phenoxy) is 1. The van der Waals surface area contributed by atoms with Crippen molar-refractivity contribution in [1.82, 2.24) is 19.6 Å². The highest BCUT2D eigenvalue weighted by Crippen LogP contribution is 2.26. The van der Waals surface area contributed by atoms with E-state index in [1.807, 2.05) is 27.6 Å². The van der Waals surface area contributed by atoms with Crippen LogP contribution in [0.4, 0.5) is 15.0 Å². The fraction of sp³-hybridized carbons (Fsp3) is 0.429. The van der Waals surface area contributed by atoms with Crippen molar-refractivity contribution in [2.75, 3.05) is 44.2 Å². The summed E-state index contributed by atoms with van der Waals surface area (Å²) in [5, 5.41) is 2.99. The van der Waals surface area contributed by atoms with Gasteiger partial charge in [0.15, 0.2) is 5.82 Å². The molecule has 2 amide bonds. The van der Waals surface area contributed by atoms with Crippen LogP contribution in [0, 0.1) is 5.82 Å². The number of anilines is 1. The lowest BCUT2D eigenvalue weighted by molar-refractivity contribution is 0.108. The van der Waals surface area contributed by atoms with E-state index >= 15 is 0 Å². The highest BCUT2D eigenvalue weighted by molar-refractivity contribution is 5.85. The second-order valence-electron chi connectivity index (χ2n) is 7.63. The standard InChI is InChI=1S/C21H24FN5O2/c22-15-5-6-18-17(13-15)24-20(19-4-1-7-27(18)19)25-8-10-26(11-9-25)21(28)23-14-16-3-2-12-29-16/h1,4-7,13,16H,2-3,8-12,14H2,(H,23,28). The Bertz CT molecular complexity index is 1040. The summed E-state index contributed by atoms with van der Waals surface area (Å²) in [7, 11) is 0. The average Bonchev–Trinajstić information content (AvgIpc) is 3.43. The van der Waals surface area contributed by atoms with E-state index in [0.717, 1.165) is 36.3 Å². The van der Waals surface area contributed by atoms with Gasteiger partial charge in [-0.05, 0) is 37.1 Å². The first kappa shape index (κ1) is 18.2. The largest absolute Gasteiger partial charge is 0.376 e. The summed E-state index contributed by atoms with van der Waals surface area (Å²) in [5.41, 5.74) is 2.49. The molecule has 152 valence electrons. The van der Waals surface area contributed by atoms with Gasteiger partial charge in [-0.2, -0.15) is 0 Å². The molecule has 2 fully saturated rings. The summed E-state index contributed by atoms with van der Waals surface area (Å²) in [6.45, 7) is 3.96. The van der Waals surface area contributed by atoms with Crippen LogP contribution in [-0.2, 0) is 4.74 Å². The maximum Gasteiger partial charge on any atom is 0.317 e. The number of rotatable bonds is 3. The van der Waals surface area contributed by atoms with Crippen LogP contribution in [0.15, 0.2) is 36.5 Å². The summed E-state index contributed by atoms with van der Waals surface area (Å²) in [6, 6.07) is 8.63. The third kappa shape index (κ3) is 3.48. The molecule has 2 aliphatic heterocycles. The van der Waals surface area contributed by atoms with Gasteiger partial charge < -0.3 is 24.3 Å². The van der Waals surface area contributed by atoms with Gasteiger partial charge in [0.1, 0.15) is 5.82 Å². The average molecular weight is 397 g/mol. The molecule has 2 saturated heterocycles. The zero-order chi connectivity index (χ0) is 19.8. The lowest BCUT2D eigenvalue weighted by Gasteiger charge is -2.36. The molecule has 2 aliphatic rings. The topological polar surface area (TPSA) is 62.1 Å². The Labute approximate surface area is 168 Å². The van der Waals surface area contributed by atoms with Crippen LogP contribution < -0.4 is 10.2 Å². The SMILES string of the molecule is O=C(NCC1CCCO1)N1CCN(c2nc3cc(F)ccc3n3cccc23)CC1. The van der Waals surface area contributed by atoms with Crippen molar-refractivity contribution in [3.05, 3.63) is 42.3 Å². The number of nitrogens with one attached hydrogen (secondary N) is 1. The molecule has 0 aliphatic carbocycles. The predicted octanol–water partition coefficient (Wildman–Crippen LogP) is 2.64. The number of benzene rings is 1. The van der Waals surface area contributed by atoms with Gasteiger partial charge in [0.05, 0.1) is 22.7 Å². The van der Waals surface area contributed by atoms with Gasteiger partial charge >= 0.3 is 6.03 Å². The number of hydrogen-bond donors (Lipinski definition) is 1. The van der Waals surface area contributed by atoms with E-state index in [4.69, 9.17) is 9.72 Å². The van der Waals surface area contributed by atoms with E-state index in [2.05, 4.69) is 10.2 Å². The summed E-state index contributed by atoms with van der Waals surface area (Å²) >= 11 is 0. The zero-order valence-electron chi connectivity index (χ0n) is 16.2. The number of urea groups is 1. The van der Waals surface area contributed by atoms with E-state index in [0.29, 0.717) is 38.2 Å². The number of amides is 2. The number of carbonyl (C=O) groups is 1. The molecule has 8 heteroatoms. The Kier molecular flexibility index (Phi) is 4.71. The molecule has 4 heterocycles. The Hall–Kier alpha value is -2.87. The summed E-state index contributed by atoms with van der Waals surface area (Å²) in [4.78, 5) is 21.2. The van der Waals surface area contributed by atoms with Gasteiger partial charge in [-0.1, -0.05) is 0 Å². The van der Waals surface area contributed by atoms with Gasteiger partial charge in [-0.3, -0.25) is 0 Å². The first-order chi connectivity index (χ1) is 14.2. The van der Waals surface area contributed by atoms with Crippen LogP contribution >= 0.6 is 0 Å². The number of carbonyl (C=O) groups excluding carboxylic acids is 1. The molecule has 3 aromatic rings. The molecular formula is C21H24FN5O2. The van der Waals surface area contributed by atoms with Crippen LogP contribution in [0.3, 0.4) is 0 Å². The minimum atomic E-state index is -0.296. The Morgan fingerprint density at radius 2 is 2.07 bits per heavy atom. The summed E-state index contributed by atoms with van der Waals surface area (Å²) in [6.07, 6.45) is 4.19. The van der Waals surface area contributed by atoms with Gasteiger partial charge in [-0.25, -0.2) is 14.2 Å². The van der Waals surface area contributed by atoms with E-state index < -0.39 is 0 Å². The van der Waals surface area contributed by atoms with Crippen LogP contribution in [0.5, 0.6) is 0 Å². The van der Waals surface area contributed by atoms with Gasteiger partial charge in [-0.15, -0.1) is 0 Å². The third-order valence-electron chi connectivity index (χ3n) is 5.77. The van der Waals surface area contributed by atoms with E-state index in [9.17, 15) is 9.18 Å². The van der Waals surface area contributed by atoms with E-state index in [1.54, 1.807) is 6.07 Å². The van der Waals surface area contributed by atoms with Crippen molar-refractivity contribution >= 4 is 28.4 Å². The molecule has 1 atom stereocenters. The minimum absolute atomic E-state index is 0.0403. The molecule has 0 bridgehead atoms. The van der Waals surface area contributed by atoms with Crippen molar-refractivity contribution in [2.24, 2.45) is 0 Å². The van der Waals surface area contributed by atoms with Crippen LogP contribution in [0.1, 0.15) is 12.8 Å². The Morgan fingerprint density at radius 1 is 1.21 bits per heavy atom. The normalized spacial score (nSPS) is 20.0. The molecule has 0 spiro atoms. The van der Waals surface area contributed by atoms with E-state index in [-0.39, 0.29) is 18.0 Å². The van der Waals surface area contributed by atoms with Crippen molar-refractivity contribution in [3.8, 4) is 0 Å². The predicted molar refractivity (Wildman–Crippen MR) is 109 cm³/mol. The van der Waals surface area contributed by atoms with Gasteiger partial charge in [0.25, 0.3) is 0 Å². The molecule has 5 rings (SSSR count). The number of piperazine rings is 1. The number of fused-ring (bicyclic) bond motifs is 3. The van der Waals surface area contributed by atoms with Crippen molar-refractivity contribution in [2.45, 2.75) is 18.9 Å². The second-order valence-corrected chi connectivity index (χ2v) is 7.63. The van der Waals surface area contributed by atoms with Crippen molar-refractivity contribution in [1.29, 1.82) is 0 Å². The molecule has 7 nitrogen and oxygen atoms in total. The summed E-state index contributed by atoms with van der Waals surface area (Å²) in [5.74, 6) is 0.530. The summed E-state index contributed by atoms with van der Waals surface area (Å²) < 4.78 is 21.3. The number of hydrogen-bond acceptors (Lipinski definition) is 4. The molecule has 29 heavy (non-hydrogen) atoms. The van der Waals surface area contributed by atoms with E-state index in [1.165, 1.54) is 12.1 Å². The molecule has 1 N–H and O–H groups in total. The van der Waals surface area contributed by atoms with Crippen LogP contribution in [0.25, 0.3) is 16.6 Å². The molecule has 2 aromatic heterocycles. The number of halogens is 1. The highest BCUT2D eigenvalue weighted by Gasteiger charge is 2.25. The first-order valence-electron chi connectivity index (χ1n) is 10.1.